The number of aryl methyl sites for hydroxylation is 2. The molecular weight excluding hydrogens is 268 g/mol. The van der Waals surface area contributed by atoms with E-state index in [4.69, 9.17) is 8.83 Å². The summed E-state index contributed by atoms with van der Waals surface area (Å²) in [5, 5.41) is 11.8. The summed E-state index contributed by atoms with van der Waals surface area (Å²) in [7, 11) is 0. The maximum absolute atomic E-state index is 5.79. The van der Waals surface area contributed by atoms with Crippen LogP contribution in [0, 0.1) is 13.8 Å². The van der Waals surface area contributed by atoms with E-state index in [0.29, 0.717) is 30.4 Å². The van der Waals surface area contributed by atoms with Gasteiger partial charge < -0.3 is 14.2 Å². The molecule has 1 saturated heterocycles. The second kappa shape index (κ2) is 5.61. The Morgan fingerprint density at radius 3 is 2.52 bits per heavy atom. The van der Waals surface area contributed by atoms with E-state index >= 15 is 0 Å². The van der Waals surface area contributed by atoms with Gasteiger partial charge in [0, 0.05) is 25.2 Å². The minimum atomic E-state index is 0.481. The molecule has 2 aromatic rings. The average Bonchev–Trinajstić information content (AvgIpc) is 2.94. The number of hydrogen-bond acceptors (Lipinski definition) is 6. The van der Waals surface area contributed by atoms with Crippen LogP contribution in [0.3, 0.4) is 0 Å². The minimum absolute atomic E-state index is 0.481. The van der Waals surface area contributed by atoms with E-state index in [-0.39, 0.29) is 0 Å². The summed E-state index contributed by atoms with van der Waals surface area (Å²) in [4.78, 5) is 2.34. The van der Waals surface area contributed by atoms with Gasteiger partial charge in [-0.2, -0.15) is 0 Å². The van der Waals surface area contributed by atoms with Gasteiger partial charge in [0.2, 0.25) is 5.89 Å². The van der Waals surface area contributed by atoms with E-state index in [1.54, 1.807) is 0 Å². The molecule has 2 unspecified atom stereocenters. The van der Waals surface area contributed by atoms with E-state index in [0.717, 1.165) is 30.2 Å². The monoisotopic (exact) mass is 290 g/mol. The molecule has 3 rings (SSSR count). The quantitative estimate of drug-likeness (QED) is 0.934. The maximum atomic E-state index is 5.79. The largest absolute Gasteiger partial charge is 0.466 e. The van der Waals surface area contributed by atoms with Gasteiger partial charge in [0.25, 0.3) is 5.89 Å². The number of aromatic nitrogens is 2. The smallest absolute Gasteiger partial charge is 0.251 e. The number of nitrogens with zero attached hydrogens (tertiary/aromatic N) is 3. The highest BCUT2D eigenvalue weighted by atomic mass is 16.4. The fourth-order valence-corrected chi connectivity index (χ4v) is 3.03. The molecule has 1 N–H and O–H groups in total. The lowest BCUT2D eigenvalue weighted by Crippen LogP contribution is -2.53. The van der Waals surface area contributed by atoms with Crippen molar-refractivity contribution in [2.24, 2.45) is 0 Å². The van der Waals surface area contributed by atoms with Crippen LogP contribution in [-0.2, 0) is 6.54 Å². The van der Waals surface area contributed by atoms with Crippen LogP contribution in [0.4, 0.5) is 0 Å². The van der Waals surface area contributed by atoms with Crippen LogP contribution in [-0.4, -0.2) is 40.3 Å². The Morgan fingerprint density at radius 2 is 1.90 bits per heavy atom. The lowest BCUT2D eigenvalue weighted by Gasteiger charge is -2.35. The van der Waals surface area contributed by atoms with E-state index in [9.17, 15) is 0 Å². The van der Waals surface area contributed by atoms with Crippen molar-refractivity contribution < 1.29 is 8.83 Å². The van der Waals surface area contributed by atoms with Crippen molar-refractivity contribution in [3.05, 3.63) is 23.5 Å². The molecule has 2 aromatic heterocycles. The van der Waals surface area contributed by atoms with Crippen molar-refractivity contribution in [3.63, 3.8) is 0 Å². The van der Waals surface area contributed by atoms with E-state index < -0.39 is 0 Å². The van der Waals surface area contributed by atoms with Crippen molar-refractivity contribution >= 4 is 0 Å². The molecule has 1 fully saturated rings. The molecule has 0 radical (unpaired) electrons. The summed E-state index contributed by atoms with van der Waals surface area (Å²) in [5.41, 5.74) is 0.883. The molecule has 0 spiro atoms. The van der Waals surface area contributed by atoms with Crippen LogP contribution in [0.2, 0.25) is 0 Å². The van der Waals surface area contributed by atoms with Gasteiger partial charge in [0.15, 0.2) is 0 Å². The highest BCUT2D eigenvalue weighted by Gasteiger charge is 2.23. The van der Waals surface area contributed by atoms with E-state index in [1.807, 2.05) is 19.9 Å². The van der Waals surface area contributed by atoms with Gasteiger partial charge in [0.1, 0.15) is 11.5 Å². The van der Waals surface area contributed by atoms with Gasteiger partial charge in [0.05, 0.1) is 12.1 Å². The maximum Gasteiger partial charge on any atom is 0.251 e. The first-order chi connectivity index (χ1) is 10.0. The SMILES string of the molecule is Cc1cc(-c2nnc(CN3CC(C)NC(C)C3)o2)c(C)o1. The van der Waals surface area contributed by atoms with Gasteiger partial charge in [-0.15, -0.1) is 10.2 Å². The van der Waals surface area contributed by atoms with Crippen molar-refractivity contribution in [1.82, 2.24) is 20.4 Å². The number of nitrogens with one attached hydrogen (secondary N) is 1. The second-order valence-corrected chi connectivity index (χ2v) is 5.99. The van der Waals surface area contributed by atoms with Gasteiger partial charge >= 0.3 is 0 Å². The first-order valence-electron chi connectivity index (χ1n) is 7.39. The summed E-state index contributed by atoms with van der Waals surface area (Å²) in [6.07, 6.45) is 0. The molecule has 3 heterocycles. The Labute approximate surface area is 124 Å². The third kappa shape index (κ3) is 3.16. The molecule has 21 heavy (non-hydrogen) atoms. The molecule has 0 saturated carbocycles. The third-order valence-corrected chi connectivity index (χ3v) is 3.73. The predicted octanol–water partition coefficient (Wildman–Crippen LogP) is 2.13. The van der Waals surface area contributed by atoms with Crippen LogP contribution >= 0.6 is 0 Å². The molecule has 6 nitrogen and oxygen atoms in total. The predicted molar refractivity (Wildman–Crippen MR) is 78.8 cm³/mol. The zero-order chi connectivity index (χ0) is 15.0. The van der Waals surface area contributed by atoms with Gasteiger partial charge in [-0.25, -0.2) is 0 Å². The van der Waals surface area contributed by atoms with Crippen LogP contribution < -0.4 is 5.32 Å². The Hall–Kier alpha value is -1.66. The van der Waals surface area contributed by atoms with Gasteiger partial charge in [-0.1, -0.05) is 0 Å². The highest BCUT2D eigenvalue weighted by molar-refractivity contribution is 5.55. The summed E-state index contributed by atoms with van der Waals surface area (Å²) in [5.74, 6) is 2.86. The number of piperazine rings is 1. The number of hydrogen-bond donors (Lipinski definition) is 1. The van der Waals surface area contributed by atoms with Crippen molar-refractivity contribution in [2.75, 3.05) is 13.1 Å². The number of rotatable bonds is 3. The molecule has 1 aliphatic rings. The van der Waals surface area contributed by atoms with Crippen LogP contribution in [0.15, 0.2) is 14.9 Å². The average molecular weight is 290 g/mol. The fourth-order valence-electron chi connectivity index (χ4n) is 3.03. The normalized spacial score (nSPS) is 23.6. The summed E-state index contributed by atoms with van der Waals surface area (Å²) < 4.78 is 11.3. The number of furan rings is 1. The highest BCUT2D eigenvalue weighted by Crippen LogP contribution is 2.25. The molecule has 0 amide bonds. The molecule has 0 bridgehead atoms. The summed E-state index contributed by atoms with van der Waals surface area (Å²) in [6.45, 7) is 10.9. The Morgan fingerprint density at radius 1 is 1.19 bits per heavy atom. The zero-order valence-electron chi connectivity index (χ0n) is 13.0. The molecule has 1 aliphatic heterocycles. The first kappa shape index (κ1) is 14.3. The van der Waals surface area contributed by atoms with Gasteiger partial charge in [-0.05, 0) is 33.8 Å². The van der Waals surface area contributed by atoms with Gasteiger partial charge in [-0.3, -0.25) is 4.90 Å². The lowest BCUT2D eigenvalue weighted by atomic mass is 10.1. The van der Waals surface area contributed by atoms with Crippen LogP contribution in [0.5, 0.6) is 0 Å². The first-order valence-corrected chi connectivity index (χ1v) is 7.39. The lowest BCUT2D eigenvalue weighted by molar-refractivity contribution is 0.154. The van der Waals surface area contributed by atoms with Crippen molar-refractivity contribution in [1.29, 1.82) is 0 Å². The molecule has 0 aromatic carbocycles. The van der Waals surface area contributed by atoms with Crippen LogP contribution in [0.1, 0.15) is 31.3 Å². The Balaban J connectivity index is 1.72. The molecular formula is C15H22N4O2. The topological polar surface area (TPSA) is 67.3 Å². The molecule has 114 valence electrons. The minimum Gasteiger partial charge on any atom is -0.466 e. The Bertz CT molecular complexity index is 609. The standard InChI is InChI=1S/C15H22N4O2/c1-9-6-19(7-10(2)16-9)8-14-17-18-15(21-14)13-5-11(3)20-12(13)4/h5,9-10,16H,6-8H2,1-4H3. The summed E-state index contributed by atoms with van der Waals surface area (Å²) >= 11 is 0. The zero-order valence-corrected chi connectivity index (χ0v) is 13.0. The third-order valence-electron chi connectivity index (χ3n) is 3.73. The Kier molecular flexibility index (Phi) is 3.82. The molecule has 2 atom stereocenters. The van der Waals surface area contributed by atoms with Crippen molar-refractivity contribution in [2.45, 2.75) is 46.3 Å². The molecule has 0 aliphatic carbocycles. The van der Waals surface area contributed by atoms with E-state index in [1.165, 1.54) is 0 Å². The summed E-state index contributed by atoms with van der Waals surface area (Å²) in [6, 6.07) is 2.89. The van der Waals surface area contributed by atoms with E-state index in [2.05, 4.69) is 34.3 Å². The fraction of sp³-hybridized carbons (Fsp3) is 0.600. The molecule has 6 heteroatoms. The van der Waals surface area contributed by atoms with Crippen molar-refractivity contribution in [3.8, 4) is 11.5 Å². The second-order valence-electron chi connectivity index (χ2n) is 5.99. The van der Waals surface area contributed by atoms with Crippen LogP contribution in [0.25, 0.3) is 11.5 Å².